The summed E-state index contributed by atoms with van der Waals surface area (Å²) in [6.07, 6.45) is 1.56. The average molecular weight is 394 g/mol. The summed E-state index contributed by atoms with van der Waals surface area (Å²) in [5, 5.41) is 6.68. The molecular weight excluding hydrogens is 376 g/mol. The molecule has 5 rings (SSSR count). The molecule has 2 N–H and O–H groups in total. The van der Waals surface area contributed by atoms with Crippen LogP contribution in [0.15, 0.2) is 36.5 Å². The van der Waals surface area contributed by atoms with Crippen LogP contribution in [0.3, 0.4) is 0 Å². The van der Waals surface area contributed by atoms with Crippen LogP contribution in [0.4, 0.5) is 16.6 Å². The second kappa shape index (κ2) is 6.75. The van der Waals surface area contributed by atoms with Crippen LogP contribution in [0.1, 0.15) is 10.4 Å². The number of piperazine rings is 1. The summed E-state index contributed by atoms with van der Waals surface area (Å²) in [6.45, 7) is 2.92. The fourth-order valence-electron chi connectivity index (χ4n) is 3.45. The standard InChI is InChI=1S/C19H18N6O2S/c26-16-11-21-17-14(22-16)9-12(10-20-17)18(27)24-5-7-25(8-6-24)19-23-13-3-1-2-4-15(13)28-19/h1-4,9-10H,5-8,11H2,(H,20,21)(H,22,26). The third-order valence-corrected chi connectivity index (χ3v) is 6.04. The highest BCUT2D eigenvalue weighted by Gasteiger charge is 2.25. The van der Waals surface area contributed by atoms with Gasteiger partial charge in [-0.15, -0.1) is 0 Å². The third-order valence-electron chi connectivity index (χ3n) is 4.95. The van der Waals surface area contributed by atoms with E-state index in [1.165, 1.54) is 4.70 Å². The molecule has 2 aliphatic heterocycles. The molecule has 1 saturated heterocycles. The number of rotatable bonds is 2. The number of carbonyl (C=O) groups is 2. The van der Waals surface area contributed by atoms with E-state index >= 15 is 0 Å². The van der Waals surface area contributed by atoms with Crippen LogP contribution in [0, 0.1) is 0 Å². The van der Waals surface area contributed by atoms with Gasteiger partial charge in [0.15, 0.2) is 5.13 Å². The maximum Gasteiger partial charge on any atom is 0.255 e. The minimum Gasteiger partial charge on any atom is -0.359 e. The second-order valence-electron chi connectivity index (χ2n) is 6.77. The number of fused-ring (bicyclic) bond motifs is 2. The zero-order valence-corrected chi connectivity index (χ0v) is 15.8. The summed E-state index contributed by atoms with van der Waals surface area (Å²) < 4.78 is 1.17. The number of nitrogens with zero attached hydrogens (tertiary/aromatic N) is 4. The molecule has 8 nitrogen and oxygen atoms in total. The molecule has 0 saturated carbocycles. The van der Waals surface area contributed by atoms with Crippen molar-refractivity contribution >= 4 is 50.0 Å². The Morgan fingerprint density at radius 2 is 1.96 bits per heavy atom. The predicted octanol–water partition coefficient (Wildman–Crippen LogP) is 2.02. The molecule has 9 heteroatoms. The average Bonchev–Trinajstić information content (AvgIpc) is 3.17. The fraction of sp³-hybridized carbons (Fsp3) is 0.263. The minimum absolute atomic E-state index is 0.0703. The number of anilines is 3. The fourth-order valence-corrected chi connectivity index (χ4v) is 4.47. The predicted molar refractivity (Wildman–Crippen MR) is 109 cm³/mol. The summed E-state index contributed by atoms with van der Waals surface area (Å²) in [5.74, 6) is 0.388. The summed E-state index contributed by atoms with van der Waals surface area (Å²) in [5.41, 5.74) is 2.04. The number of nitrogens with one attached hydrogen (secondary N) is 2. The highest BCUT2D eigenvalue weighted by atomic mass is 32.1. The van der Waals surface area contributed by atoms with Crippen molar-refractivity contribution in [1.29, 1.82) is 0 Å². The number of carbonyl (C=O) groups excluding carboxylic acids is 2. The Balaban J connectivity index is 1.28. The first-order valence-corrected chi connectivity index (χ1v) is 9.92. The molecule has 0 bridgehead atoms. The largest absolute Gasteiger partial charge is 0.359 e. The van der Waals surface area contributed by atoms with Crippen LogP contribution in [0.2, 0.25) is 0 Å². The Labute approximate surface area is 165 Å². The zero-order valence-electron chi connectivity index (χ0n) is 15.0. The van der Waals surface area contributed by atoms with Gasteiger partial charge in [0.05, 0.1) is 28.0 Å². The maximum atomic E-state index is 12.9. The van der Waals surface area contributed by atoms with Gasteiger partial charge in [-0.25, -0.2) is 9.97 Å². The highest BCUT2D eigenvalue weighted by Crippen LogP contribution is 2.29. The van der Waals surface area contributed by atoms with Crippen molar-refractivity contribution in [3.05, 3.63) is 42.1 Å². The number of amides is 2. The van der Waals surface area contributed by atoms with Gasteiger partial charge in [0.2, 0.25) is 5.91 Å². The van der Waals surface area contributed by atoms with Crippen molar-refractivity contribution in [2.45, 2.75) is 0 Å². The van der Waals surface area contributed by atoms with E-state index in [-0.39, 0.29) is 18.4 Å². The van der Waals surface area contributed by atoms with Gasteiger partial charge in [-0.2, -0.15) is 0 Å². The SMILES string of the molecule is O=C1CNc2ncc(C(=O)N3CCN(c4nc5ccccc5s4)CC3)cc2N1. The Kier molecular flexibility index (Phi) is 4.09. The number of benzene rings is 1. The lowest BCUT2D eigenvalue weighted by Crippen LogP contribution is -2.48. The monoisotopic (exact) mass is 394 g/mol. The summed E-state index contributed by atoms with van der Waals surface area (Å²) in [7, 11) is 0. The molecule has 1 aromatic carbocycles. The molecule has 3 aromatic rings. The van der Waals surface area contributed by atoms with E-state index < -0.39 is 0 Å². The molecule has 0 aliphatic carbocycles. The quantitative estimate of drug-likeness (QED) is 0.691. The number of thiazole rings is 1. The topological polar surface area (TPSA) is 90.5 Å². The van der Waals surface area contributed by atoms with E-state index in [4.69, 9.17) is 4.98 Å². The first kappa shape index (κ1) is 16.9. The minimum atomic E-state index is -0.136. The van der Waals surface area contributed by atoms with Crippen molar-refractivity contribution in [3.8, 4) is 0 Å². The van der Waals surface area contributed by atoms with Crippen LogP contribution < -0.4 is 15.5 Å². The van der Waals surface area contributed by atoms with Crippen molar-refractivity contribution in [2.24, 2.45) is 0 Å². The van der Waals surface area contributed by atoms with Gasteiger partial charge in [0, 0.05) is 32.4 Å². The first-order chi connectivity index (χ1) is 13.7. The van der Waals surface area contributed by atoms with Crippen molar-refractivity contribution < 1.29 is 9.59 Å². The van der Waals surface area contributed by atoms with E-state index in [1.807, 2.05) is 23.1 Å². The van der Waals surface area contributed by atoms with Crippen LogP contribution in [-0.2, 0) is 4.79 Å². The van der Waals surface area contributed by atoms with Crippen molar-refractivity contribution in [1.82, 2.24) is 14.9 Å². The molecule has 2 aliphatic rings. The Hall–Kier alpha value is -3.20. The van der Waals surface area contributed by atoms with Crippen LogP contribution in [0.25, 0.3) is 10.2 Å². The Morgan fingerprint density at radius 1 is 1.14 bits per heavy atom. The van der Waals surface area contributed by atoms with E-state index in [0.717, 1.165) is 23.7 Å². The Bertz CT molecular complexity index is 1040. The summed E-state index contributed by atoms with van der Waals surface area (Å²) >= 11 is 1.68. The third kappa shape index (κ3) is 3.03. The van der Waals surface area contributed by atoms with Crippen LogP contribution in [-0.4, -0.2) is 59.4 Å². The van der Waals surface area contributed by atoms with E-state index in [0.29, 0.717) is 30.2 Å². The molecule has 0 radical (unpaired) electrons. The van der Waals surface area contributed by atoms with E-state index in [1.54, 1.807) is 23.6 Å². The first-order valence-electron chi connectivity index (χ1n) is 9.11. The summed E-state index contributed by atoms with van der Waals surface area (Å²) in [6, 6.07) is 9.80. The molecule has 2 amide bonds. The maximum absolute atomic E-state index is 12.9. The number of hydrogen-bond acceptors (Lipinski definition) is 7. The van der Waals surface area contributed by atoms with Crippen LogP contribution >= 0.6 is 11.3 Å². The molecule has 0 atom stereocenters. The molecule has 28 heavy (non-hydrogen) atoms. The smallest absolute Gasteiger partial charge is 0.255 e. The van der Waals surface area contributed by atoms with Gasteiger partial charge in [0.25, 0.3) is 5.91 Å². The number of para-hydroxylation sites is 1. The Morgan fingerprint density at radius 3 is 2.79 bits per heavy atom. The lowest BCUT2D eigenvalue weighted by molar-refractivity contribution is -0.114. The van der Waals surface area contributed by atoms with E-state index in [2.05, 4.69) is 26.6 Å². The van der Waals surface area contributed by atoms with Crippen LogP contribution in [0.5, 0.6) is 0 Å². The van der Waals surface area contributed by atoms with Gasteiger partial charge < -0.3 is 20.4 Å². The van der Waals surface area contributed by atoms with Gasteiger partial charge >= 0.3 is 0 Å². The van der Waals surface area contributed by atoms with Gasteiger partial charge in [0.1, 0.15) is 5.82 Å². The molecule has 1 fully saturated rings. The van der Waals surface area contributed by atoms with Gasteiger partial charge in [-0.05, 0) is 18.2 Å². The van der Waals surface area contributed by atoms with Crippen molar-refractivity contribution in [3.63, 3.8) is 0 Å². The molecule has 2 aromatic heterocycles. The number of hydrogen-bond donors (Lipinski definition) is 2. The lowest BCUT2D eigenvalue weighted by Gasteiger charge is -2.34. The summed E-state index contributed by atoms with van der Waals surface area (Å²) in [4.78, 5) is 37.4. The van der Waals surface area contributed by atoms with E-state index in [9.17, 15) is 9.59 Å². The normalized spacial score (nSPS) is 16.5. The van der Waals surface area contributed by atoms with Gasteiger partial charge in [-0.1, -0.05) is 23.5 Å². The molecule has 142 valence electrons. The van der Waals surface area contributed by atoms with Gasteiger partial charge in [-0.3, -0.25) is 9.59 Å². The molecule has 4 heterocycles. The number of aromatic nitrogens is 2. The molecular formula is C19H18N6O2S. The zero-order chi connectivity index (χ0) is 19.1. The highest BCUT2D eigenvalue weighted by molar-refractivity contribution is 7.22. The second-order valence-corrected chi connectivity index (χ2v) is 7.77. The molecule has 0 unspecified atom stereocenters. The molecule has 0 spiro atoms. The van der Waals surface area contributed by atoms with Crippen molar-refractivity contribution in [2.75, 3.05) is 48.3 Å². The number of pyridine rings is 1. The lowest BCUT2D eigenvalue weighted by atomic mass is 10.2.